The van der Waals surface area contributed by atoms with E-state index in [1.54, 1.807) is 4.90 Å². The number of para-hydroxylation sites is 1. The van der Waals surface area contributed by atoms with E-state index >= 15 is 0 Å². The van der Waals surface area contributed by atoms with Gasteiger partial charge >= 0.3 is 6.09 Å². The minimum absolute atomic E-state index is 0.267. The summed E-state index contributed by atoms with van der Waals surface area (Å²) in [6.45, 7) is 14.2. The topological polar surface area (TPSA) is 41.6 Å². The molecule has 0 aromatic heterocycles. The molecule has 1 rings (SSSR count). The van der Waals surface area contributed by atoms with E-state index in [1.807, 2.05) is 39.8 Å². The third-order valence-electron chi connectivity index (χ3n) is 3.45. The van der Waals surface area contributed by atoms with E-state index in [9.17, 15) is 4.79 Å². The minimum Gasteiger partial charge on any atom is -0.444 e. The highest BCUT2D eigenvalue weighted by Crippen LogP contribution is 2.19. The van der Waals surface area contributed by atoms with Crippen LogP contribution in [0, 0.1) is 5.92 Å². The summed E-state index contributed by atoms with van der Waals surface area (Å²) in [5.74, 6) is 0.670. The fourth-order valence-corrected chi connectivity index (χ4v) is 2.16. The Hall–Kier alpha value is -1.71. The summed E-state index contributed by atoms with van der Waals surface area (Å²) in [6, 6.07) is 8.15. The van der Waals surface area contributed by atoms with Crippen LogP contribution in [-0.2, 0) is 11.3 Å². The first-order chi connectivity index (χ1) is 10.7. The van der Waals surface area contributed by atoms with Crippen molar-refractivity contribution < 1.29 is 9.53 Å². The number of hydrogen-bond donors (Lipinski definition) is 1. The Bertz CT molecular complexity index is 492. The smallest absolute Gasteiger partial charge is 0.410 e. The summed E-state index contributed by atoms with van der Waals surface area (Å²) >= 11 is 0. The third-order valence-corrected chi connectivity index (χ3v) is 3.45. The molecular weight excluding hydrogens is 288 g/mol. The molecule has 4 nitrogen and oxygen atoms in total. The normalized spacial score (nSPS) is 11.4. The lowest BCUT2D eigenvalue weighted by atomic mass is 10.1. The molecule has 0 heterocycles. The molecule has 0 saturated carbocycles. The molecule has 0 saturated heterocycles. The van der Waals surface area contributed by atoms with E-state index in [0.717, 1.165) is 24.2 Å². The maximum Gasteiger partial charge on any atom is 0.410 e. The van der Waals surface area contributed by atoms with E-state index in [1.165, 1.54) is 0 Å². The van der Waals surface area contributed by atoms with Crippen molar-refractivity contribution in [2.24, 2.45) is 5.92 Å². The number of hydrogen-bond acceptors (Lipinski definition) is 3. The Morgan fingerprint density at radius 3 is 2.48 bits per heavy atom. The molecule has 23 heavy (non-hydrogen) atoms. The Kier molecular flexibility index (Phi) is 7.40. The van der Waals surface area contributed by atoms with Crippen LogP contribution in [0.4, 0.5) is 10.5 Å². The van der Waals surface area contributed by atoms with E-state index in [0.29, 0.717) is 19.0 Å². The third kappa shape index (κ3) is 7.40. The zero-order valence-corrected chi connectivity index (χ0v) is 15.5. The average molecular weight is 320 g/mol. The van der Waals surface area contributed by atoms with Crippen LogP contribution in [0.3, 0.4) is 0 Å². The van der Waals surface area contributed by atoms with Crippen LogP contribution in [0.25, 0.3) is 0 Å². The van der Waals surface area contributed by atoms with Crippen molar-refractivity contribution in [3.8, 4) is 0 Å². The van der Waals surface area contributed by atoms with Crippen LogP contribution in [0.5, 0.6) is 0 Å². The predicted octanol–water partition coefficient (Wildman–Crippen LogP) is 4.90. The first-order valence-electron chi connectivity index (χ1n) is 8.52. The standard InChI is InChI=1S/C19H32N2O2/c1-7-21(18(22)23-19(4,5)6)14-16-10-8-9-11-17(16)20-13-12-15(2)3/h8-11,15,20H,7,12-14H2,1-6H3. The van der Waals surface area contributed by atoms with Gasteiger partial charge in [-0.3, -0.25) is 0 Å². The lowest BCUT2D eigenvalue weighted by Gasteiger charge is -2.27. The van der Waals surface area contributed by atoms with Crippen LogP contribution in [0.1, 0.15) is 53.5 Å². The van der Waals surface area contributed by atoms with Gasteiger partial charge in [-0.1, -0.05) is 32.0 Å². The summed E-state index contributed by atoms with van der Waals surface area (Å²) in [4.78, 5) is 14.0. The monoisotopic (exact) mass is 320 g/mol. The van der Waals surface area contributed by atoms with Gasteiger partial charge in [-0.15, -0.1) is 0 Å². The lowest BCUT2D eigenvalue weighted by Crippen LogP contribution is -2.36. The highest BCUT2D eigenvalue weighted by atomic mass is 16.6. The van der Waals surface area contributed by atoms with E-state index in [-0.39, 0.29) is 6.09 Å². The molecule has 0 unspecified atom stereocenters. The molecule has 0 bridgehead atoms. The van der Waals surface area contributed by atoms with E-state index < -0.39 is 5.60 Å². The summed E-state index contributed by atoms with van der Waals surface area (Å²) < 4.78 is 5.48. The van der Waals surface area contributed by atoms with Gasteiger partial charge in [-0.2, -0.15) is 0 Å². The van der Waals surface area contributed by atoms with Gasteiger partial charge < -0.3 is 15.0 Å². The zero-order valence-electron chi connectivity index (χ0n) is 15.5. The van der Waals surface area contributed by atoms with Crippen molar-refractivity contribution in [2.45, 2.75) is 60.1 Å². The quantitative estimate of drug-likeness (QED) is 0.777. The first kappa shape index (κ1) is 19.3. The average Bonchev–Trinajstić information content (AvgIpc) is 2.43. The number of nitrogens with one attached hydrogen (secondary N) is 1. The Balaban J connectivity index is 2.75. The van der Waals surface area contributed by atoms with Gasteiger partial charge in [-0.05, 0) is 51.7 Å². The molecule has 0 radical (unpaired) electrons. The van der Waals surface area contributed by atoms with Crippen molar-refractivity contribution in [2.75, 3.05) is 18.4 Å². The lowest BCUT2D eigenvalue weighted by molar-refractivity contribution is 0.0245. The summed E-state index contributed by atoms with van der Waals surface area (Å²) in [7, 11) is 0. The molecule has 0 aliphatic carbocycles. The van der Waals surface area contributed by atoms with Gasteiger partial charge in [0.25, 0.3) is 0 Å². The van der Waals surface area contributed by atoms with Crippen LogP contribution in [0.15, 0.2) is 24.3 Å². The van der Waals surface area contributed by atoms with Crippen molar-refractivity contribution in [1.82, 2.24) is 4.90 Å². The number of ether oxygens (including phenoxy) is 1. The van der Waals surface area contributed by atoms with Crippen LogP contribution in [-0.4, -0.2) is 29.7 Å². The number of rotatable bonds is 7. The highest BCUT2D eigenvalue weighted by Gasteiger charge is 2.21. The summed E-state index contributed by atoms with van der Waals surface area (Å²) in [6.07, 6.45) is 0.856. The molecular formula is C19H32N2O2. The zero-order chi connectivity index (χ0) is 17.5. The van der Waals surface area contributed by atoms with E-state index in [4.69, 9.17) is 4.74 Å². The molecule has 1 amide bonds. The number of carbonyl (C=O) groups excluding carboxylic acids is 1. The van der Waals surface area contributed by atoms with Crippen LogP contribution < -0.4 is 5.32 Å². The van der Waals surface area contributed by atoms with Crippen molar-refractivity contribution in [1.29, 1.82) is 0 Å². The molecule has 130 valence electrons. The van der Waals surface area contributed by atoms with Gasteiger partial charge in [0.1, 0.15) is 5.60 Å². The molecule has 0 atom stereocenters. The molecule has 0 spiro atoms. The van der Waals surface area contributed by atoms with Crippen LogP contribution in [0.2, 0.25) is 0 Å². The first-order valence-corrected chi connectivity index (χ1v) is 8.52. The maximum atomic E-state index is 12.3. The number of amides is 1. The Morgan fingerprint density at radius 1 is 1.26 bits per heavy atom. The second-order valence-corrected chi connectivity index (χ2v) is 7.26. The van der Waals surface area contributed by atoms with Gasteiger partial charge in [0, 0.05) is 18.8 Å². The Labute approximate surface area is 141 Å². The van der Waals surface area contributed by atoms with Gasteiger partial charge in [0.2, 0.25) is 0 Å². The molecule has 4 heteroatoms. The SMILES string of the molecule is CCN(Cc1ccccc1NCCC(C)C)C(=O)OC(C)(C)C. The fraction of sp³-hybridized carbons (Fsp3) is 0.632. The van der Waals surface area contributed by atoms with Crippen molar-refractivity contribution >= 4 is 11.8 Å². The molecule has 0 aliphatic heterocycles. The summed E-state index contributed by atoms with van der Waals surface area (Å²) in [5.41, 5.74) is 1.73. The summed E-state index contributed by atoms with van der Waals surface area (Å²) in [5, 5.41) is 3.48. The molecule has 0 fully saturated rings. The Morgan fingerprint density at radius 2 is 1.91 bits per heavy atom. The molecule has 0 aliphatic rings. The highest BCUT2D eigenvalue weighted by molar-refractivity contribution is 5.68. The largest absolute Gasteiger partial charge is 0.444 e. The number of nitrogens with zero attached hydrogens (tertiary/aromatic N) is 1. The van der Waals surface area contributed by atoms with Crippen molar-refractivity contribution in [3.05, 3.63) is 29.8 Å². The van der Waals surface area contributed by atoms with E-state index in [2.05, 4.69) is 31.3 Å². The molecule has 1 aromatic rings. The second-order valence-electron chi connectivity index (χ2n) is 7.26. The van der Waals surface area contributed by atoms with Gasteiger partial charge in [-0.25, -0.2) is 4.79 Å². The van der Waals surface area contributed by atoms with Crippen molar-refractivity contribution in [3.63, 3.8) is 0 Å². The number of benzene rings is 1. The van der Waals surface area contributed by atoms with Crippen LogP contribution >= 0.6 is 0 Å². The predicted molar refractivity (Wildman–Crippen MR) is 96.7 cm³/mol. The maximum absolute atomic E-state index is 12.3. The number of carbonyl (C=O) groups is 1. The number of anilines is 1. The minimum atomic E-state index is -0.473. The van der Waals surface area contributed by atoms with Gasteiger partial charge in [0.05, 0.1) is 6.54 Å². The fourth-order valence-electron chi connectivity index (χ4n) is 2.16. The van der Waals surface area contributed by atoms with Gasteiger partial charge in [0.15, 0.2) is 0 Å². The second kappa shape index (κ2) is 8.80. The molecule has 1 N–H and O–H groups in total. The molecule has 1 aromatic carbocycles.